The van der Waals surface area contributed by atoms with Crippen molar-refractivity contribution in [2.75, 3.05) is 13.2 Å². The molecule has 2 unspecified atom stereocenters. The van der Waals surface area contributed by atoms with Gasteiger partial charge in [-0.25, -0.2) is 5.84 Å². The quantitative estimate of drug-likeness (QED) is 0.401. The van der Waals surface area contributed by atoms with Crippen LogP contribution in [0, 0.1) is 5.92 Å². The number of carbonyl (C=O) groups excluding carboxylic acids is 1. The summed E-state index contributed by atoms with van der Waals surface area (Å²) in [6.45, 7) is 4.00. The predicted molar refractivity (Wildman–Crippen MR) is 71.0 cm³/mol. The van der Waals surface area contributed by atoms with Gasteiger partial charge in [0.2, 0.25) is 0 Å². The Bertz CT molecular complexity index is 435. The van der Waals surface area contributed by atoms with Gasteiger partial charge >= 0.3 is 0 Å². The van der Waals surface area contributed by atoms with Crippen molar-refractivity contribution in [3.8, 4) is 0 Å². The van der Waals surface area contributed by atoms with Crippen LogP contribution in [-0.2, 0) is 6.54 Å². The lowest BCUT2D eigenvalue weighted by atomic mass is 10.0. The summed E-state index contributed by atoms with van der Waals surface area (Å²) in [6, 6.07) is 3.73. The van der Waals surface area contributed by atoms with Crippen molar-refractivity contribution in [1.82, 2.24) is 15.3 Å². The average Bonchev–Trinajstić information content (AvgIpc) is 2.79. The van der Waals surface area contributed by atoms with Crippen molar-refractivity contribution in [1.29, 1.82) is 0 Å². The third-order valence-electron chi connectivity index (χ3n) is 3.77. The van der Waals surface area contributed by atoms with E-state index in [2.05, 4.69) is 22.2 Å². The molecule has 2 rings (SSSR count). The van der Waals surface area contributed by atoms with Gasteiger partial charge in [0, 0.05) is 18.8 Å². The minimum absolute atomic E-state index is 0.175. The van der Waals surface area contributed by atoms with Crippen molar-refractivity contribution in [2.45, 2.75) is 25.9 Å². The summed E-state index contributed by atoms with van der Waals surface area (Å²) in [5.74, 6) is 5.22. The maximum Gasteiger partial charge on any atom is 0.266 e. The van der Waals surface area contributed by atoms with E-state index in [1.807, 2.05) is 6.07 Å². The van der Waals surface area contributed by atoms with E-state index in [4.69, 9.17) is 5.84 Å². The fourth-order valence-electron chi connectivity index (χ4n) is 2.52. The second kappa shape index (κ2) is 6.10. The highest BCUT2D eigenvalue weighted by Gasteiger charge is 2.30. The number of nitrogens with two attached hydrogens (primary N) is 1. The first-order valence-electron chi connectivity index (χ1n) is 6.46. The molecule has 1 aliphatic heterocycles. The third kappa shape index (κ3) is 3.09. The molecule has 0 aromatic carbocycles. The fraction of sp³-hybridized carbons (Fsp3) is 0.538. The van der Waals surface area contributed by atoms with Gasteiger partial charge in [-0.3, -0.25) is 20.1 Å². The minimum Gasteiger partial charge on any atom is -0.395 e. The van der Waals surface area contributed by atoms with Gasteiger partial charge in [-0.1, -0.05) is 6.92 Å². The van der Waals surface area contributed by atoms with Crippen LogP contribution in [0.15, 0.2) is 18.3 Å². The summed E-state index contributed by atoms with van der Waals surface area (Å²) >= 11 is 0. The van der Waals surface area contributed by atoms with Gasteiger partial charge in [0.1, 0.15) is 0 Å². The SMILES string of the molecule is CC1CCN(Cc2ccc(C(=O)NN)cn2)C1CO. The van der Waals surface area contributed by atoms with Crippen LogP contribution in [-0.4, -0.2) is 40.1 Å². The van der Waals surface area contributed by atoms with Crippen molar-refractivity contribution < 1.29 is 9.90 Å². The first-order valence-corrected chi connectivity index (χ1v) is 6.46. The number of nitrogens with zero attached hydrogens (tertiary/aromatic N) is 2. The van der Waals surface area contributed by atoms with Crippen molar-refractivity contribution >= 4 is 5.91 Å². The van der Waals surface area contributed by atoms with Crippen molar-refractivity contribution in [3.63, 3.8) is 0 Å². The van der Waals surface area contributed by atoms with E-state index in [9.17, 15) is 9.90 Å². The number of aromatic nitrogens is 1. The molecule has 4 N–H and O–H groups in total. The topological polar surface area (TPSA) is 91.5 Å². The van der Waals surface area contributed by atoms with Crippen LogP contribution in [0.25, 0.3) is 0 Å². The molecule has 6 heteroatoms. The zero-order valence-electron chi connectivity index (χ0n) is 11.0. The number of aliphatic hydroxyl groups is 1. The Morgan fingerprint density at radius 1 is 1.63 bits per heavy atom. The number of carbonyl (C=O) groups is 1. The van der Waals surface area contributed by atoms with Crippen LogP contribution in [0.4, 0.5) is 0 Å². The van der Waals surface area contributed by atoms with Gasteiger partial charge in [-0.05, 0) is 31.0 Å². The van der Waals surface area contributed by atoms with Gasteiger partial charge in [-0.2, -0.15) is 0 Å². The maximum atomic E-state index is 11.3. The summed E-state index contributed by atoms with van der Waals surface area (Å²) in [5, 5.41) is 9.40. The Kier molecular flexibility index (Phi) is 4.47. The van der Waals surface area contributed by atoms with Gasteiger partial charge in [0.25, 0.3) is 5.91 Å². The van der Waals surface area contributed by atoms with E-state index in [-0.39, 0.29) is 18.6 Å². The van der Waals surface area contributed by atoms with Gasteiger partial charge in [-0.15, -0.1) is 0 Å². The average molecular weight is 264 g/mol. The fourth-order valence-corrected chi connectivity index (χ4v) is 2.52. The lowest BCUT2D eigenvalue weighted by Gasteiger charge is -2.24. The number of pyridine rings is 1. The predicted octanol–water partition coefficient (Wildman–Crippen LogP) is -0.112. The number of aliphatic hydroxyl groups excluding tert-OH is 1. The van der Waals surface area contributed by atoms with Crippen LogP contribution in [0.2, 0.25) is 0 Å². The molecule has 19 heavy (non-hydrogen) atoms. The Morgan fingerprint density at radius 3 is 3.00 bits per heavy atom. The standard InChI is InChI=1S/C13H20N4O2/c1-9-4-5-17(12(9)8-18)7-11-3-2-10(6-15-11)13(19)16-14/h2-3,6,9,12,18H,4-5,7-8,14H2,1H3,(H,16,19). The van der Waals surface area contributed by atoms with E-state index in [0.29, 0.717) is 18.0 Å². The van der Waals surface area contributed by atoms with Gasteiger partial charge in [0.05, 0.1) is 17.9 Å². The molecule has 1 aromatic heterocycles. The van der Waals surface area contributed by atoms with Gasteiger partial charge < -0.3 is 5.11 Å². The van der Waals surface area contributed by atoms with Crippen LogP contribution in [0.5, 0.6) is 0 Å². The highest BCUT2D eigenvalue weighted by Crippen LogP contribution is 2.24. The highest BCUT2D eigenvalue weighted by molar-refractivity contribution is 5.93. The molecule has 1 fully saturated rings. The Labute approximate surface area is 112 Å². The molecule has 0 radical (unpaired) electrons. The van der Waals surface area contributed by atoms with Crippen molar-refractivity contribution in [3.05, 3.63) is 29.6 Å². The van der Waals surface area contributed by atoms with E-state index in [1.165, 1.54) is 6.20 Å². The number of rotatable bonds is 4. The molecule has 104 valence electrons. The lowest BCUT2D eigenvalue weighted by molar-refractivity contribution is 0.0953. The normalized spacial score (nSPS) is 23.5. The maximum absolute atomic E-state index is 11.3. The Balaban J connectivity index is 2.02. The van der Waals surface area contributed by atoms with Crippen LogP contribution < -0.4 is 11.3 Å². The van der Waals surface area contributed by atoms with Crippen LogP contribution in [0.3, 0.4) is 0 Å². The van der Waals surface area contributed by atoms with E-state index >= 15 is 0 Å². The number of amides is 1. The first kappa shape index (κ1) is 13.9. The molecule has 0 saturated carbocycles. The third-order valence-corrected chi connectivity index (χ3v) is 3.77. The largest absolute Gasteiger partial charge is 0.395 e. The molecule has 1 amide bonds. The summed E-state index contributed by atoms with van der Waals surface area (Å²) in [4.78, 5) is 17.8. The molecule has 0 spiro atoms. The number of likely N-dealkylation sites (tertiary alicyclic amines) is 1. The molecular weight excluding hydrogens is 244 g/mol. The number of nitrogens with one attached hydrogen (secondary N) is 1. The highest BCUT2D eigenvalue weighted by atomic mass is 16.3. The smallest absolute Gasteiger partial charge is 0.266 e. The molecule has 0 aliphatic carbocycles. The second-order valence-corrected chi connectivity index (χ2v) is 5.00. The van der Waals surface area contributed by atoms with Crippen LogP contribution >= 0.6 is 0 Å². The number of hydrogen-bond acceptors (Lipinski definition) is 5. The molecule has 2 atom stereocenters. The molecule has 0 bridgehead atoms. The summed E-state index contributed by atoms with van der Waals surface area (Å²) in [6.07, 6.45) is 2.61. The monoisotopic (exact) mass is 264 g/mol. The number of nitrogen functional groups attached to an aromatic ring is 1. The molecule has 1 aliphatic rings. The minimum atomic E-state index is -0.345. The molecule has 6 nitrogen and oxygen atoms in total. The lowest BCUT2D eigenvalue weighted by Crippen LogP contribution is -2.35. The van der Waals surface area contributed by atoms with E-state index < -0.39 is 0 Å². The summed E-state index contributed by atoms with van der Waals surface area (Å²) < 4.78 is 0. The van der Waals surface area contributed by atoms with Crippen molar-refractivity contribution in [2.24, 2.45) is 11.8 Å². The second-order valence-electron chi connectivity index (χ2n) is 5.00. The van der Waals surface area contributed by atoms with Crippen LogP contribution in [0.1, 0.15) is 29.4 Å². The number of hydrogen-bond donors (Lipinski definition) is 3. The Morgan fingerprint density at radius 2 is 2.42 bits per heavy atom. The summed E-state index contributed by atoms with van der Waals surface area (Å²) in [7, 11) is 0. The first-order chi connectivity index (χ1) is 9.15. The van der Waals surface area contributed by atoms with Gasteiger partial charge in [0.15, 0.2) is 0 Å². The molecule has 1 aromatic rings. The van der Waals surface area contributed by atoms with E-state index in [1.54, 1.807) is 6.07 Å². The number of hydrazine groups is 1. The molecular formula is C13H20N4O2. The zero-order valence-corrected chi connectivity index (χ0v) is 11.0. The Hall–Kier alpha value is -1.50. The van der Waals surface area contributed by atoms with E-state index in [0.717, 1.165) is 18.7 Å². The molecule has 2 heterocycles. The summed E-state index contributed by atoms with van der Waals surface area (Å²) in [5.41, 5.74) is 3.41. The zero-order chi connectivity index (χ0) is 13.8. The molecule has 1 saturated heterocycles.